The molecule has 7 rings (SSSR count). The largest absolute Gasteiger partial charge is 0.463 e. The molecule has 0 unspecified atom stereocenters. The number of rotatable bonds is 0. The van der Waals surface area contributed by atoms with Crippen molar-refractivity contribution in [1.29, 1.82) is 0 Å². The van der Waals surface area contributed by atoms with Crippen molar-refractivity contribution in [2.24, 2.45) is 0 Å². The van der Waals surface area contributed by atoms with Crippen molar-refractivity contribution in [2.75, 3.05) is 0 Å². The Bertz CT molecular complexity index is 1630. The standard InChI is InChI=1S/C23H12N2O/c1-2-7-18-14(5-1)15-9-8-13-4-3-6-17-20(13)22(15)25(18)23-16-10-11-26-19(16)12-24-21(17)23/h1-12H. The van der Waals surface area contributed by atoms with Crippen LogP contribution in [0.4, 0.5) is 0 Å². The number of furan rings is 1. The highest BCUT2D eigenvalue weighted by Crippen LogP contribution is 2.42. The first-order valence-corrected chi connectivity index (χ1v) is 8.74. The van der Waals surface area contributed by atoms with Gasteiger partial charge in [-0.2, -0.15) is 0 Å². The van der Waals surface area contributed by atoms with Gasteiger partial charge in [-0.15, -0.1) is 0 Å². The molecule has 0 spiro atoms. The average molecular weight is 332 g/mol. The summed E-state index contributed by atoms with van der Waals surface area (Å²) in [7, 11) is 0. The predicted octanol–water partition coefficient (Wildman–Crippen LogP) is 6.13. The van der Waals surface area contributed by atoms with Crippen LogP contribution in [0.5, 0.6) is 0 Å². The minimum absolute atomic E-state index is 0.821. The average Bonchev–Trinajstić information content (AvgIpc) is 3.30. The molecule has 0 aliphatic rings. The van der Waals surface area contributed by atoms with Crippen molar-refractivity contribution >= 4 is 60.0 Å². The highest BCUT2D eigenvalue weighted by atomic mass is 16.3. The molecule has 0 saturated heterocycles. The number of hydrogen-bond donors (Lipinski definition) is 0. The van der Waals surface area contributed by atoms with Gasteiger partial charge < -0.3 is 8.82 Å². The first kappa shape index (κ1) is 12.7. The van der Waals surface area contributed by atoms with Gasteiger partial charge in [0.2, 0.25) is 0 Å². The molecular weight excluding hydrogens is 320 g/mol. The van der Waals surface area contributed by atoms with Crippen molar-refractivity contribution in [3.05, 3.63) is 73.1 Å². The molecule has 7 aromatic rings. The maximum Gasteiger partial charge on any atom is 0.154 e. The number of nitrogens with zero attached hydrogens (tertiary/aromatic N) is 2. The van der Waals surface area contributed by atoms with E-state index in [2.05, 4.69) is 59.0 Å². The molecule has 120 valence electrons. The van der Waals surface area contributed by atoms with E-state index in [4.69, 9.17) is 9.40 Å². The first-order valence-electron chi connectivity index (χ1n) is 8.74. The third kappa shape index (κ3) is 1.28. The molecule has 0 radical (unpaired) electrons. The van der Waals surface area contributed by atoms with Crippen LogP contribution >= 0.6 is 0 Å². The Labute approximate surface area is 147 Å². The van der Waals surface area contributed by atoms with Crippen molar-refractivity contribution in [3.8, 4) is 0 Å². The lowest BCUT2D eigenvalue weighted by atomic mass is 10.00. The molecule has 26 heavy (non-hydrogen) atoms. The number of benzene rings is 3. The Morgan fingerprint density at radius 1 is 0.731 bits per heavy atom. The fourth-order valence-electron chi connectivity index (χ4n) is 4.61. The molecule has 0 amide bonds. The second-order valence-corrected chi connectivity index (χ2v) is 6.87. The van der Waals surface area contributed by atoms with E-state index in [1.807, 2.05) is 12.3 Å². The van der Waals surface area contributed by atoms with Gasteiger partial charge in [-0.3, -0.25) is 4.98 Å². The van der Waals surface area contributed by atoms with Crippen molar-refractivity contribution in [1.82, 2.24) is 9.38 Å². The van der Waals surface area contributed by atoms with E-state index in [0.29, 0.717) is 0 Å². The lowest BCUT2D eigenvalue weighted by molar-refractivity contribution is 0.614. The van der Waals surface area contributed by atoms with Crippen LogP contribution in [-0.4, -0.2) is 9.38 Å². The van der Waals surface area contributed by atoms with E-state index in [9.17, 15) is 0 Å². The van der Waals surface area contributed by atoms with Gasteiger partial charge in [0.1, 0.15) is 0 Å². The fourth-order valence-corrected chi connectivity index (χ4v) is 4.61. The van der Waals surface area contributed by atoms with Gasteiger partial charge in [0.15, 0.2) is 5.58 Å². The SMILES string of the molecule is c1cc2ccc3c4ccccc4n4c5c6ccoc6cnc5c(c1)c2c34. The maximum atomic E-state index is 5.65. The van der Waals surface area contributed by atoms with E-state index in [-0.39, 0.29) is 0 Å². The number of fused-ring (bicyclic) bond motifs is 8. The second kappa shape index (κ2) is 4.14. The molecule has 4 aromatic heterocycles. The normalized spacial score (nSPS) is 12.6. The van der Waals surface area contributed by atoms with Crippen LogP contribution in [0.25, 0.3) is 60.0 Å². The summed E-state index contributed by atoms with van der Waals surface area (Å²) in [4.78, 5) is 4.80. The fraction of sp³-hybridized carbons (Fsp3) is 0. The summed E-state index contributed by atoms with van der Waals surface area (Å²) in [5.74, 6) is 0. The van der Waals surface area contributed by atoms with E-state index < -0.39 is 0 Å². The van der Waals surface area contributed by atoms with Crippen LogP contribution in [0.1, 0.15) is 0 Å². The van der Waals surface area contributed by atoms with Crippen LogP contribution in [0.2, 0.25) is 0 Å². The van der Waals surface area contributed by atoms with Gasteiger partial charge in [-0.1, -0.05) is 48.5 Å². The van der Waals surface area contributed by atoms with Crippen LogP contribution in [0, 0.1) is 0 Å². The van der Waals surface area contributed by atoms with E-state index in [0.717, 1.165) is 22.0 Å². The lowest BCUT2D eigenvalue weighted by Crippen LogP contribution is -1.94. The van der Waals surface area contributed by atoms with E-state index in [1.165, 1.54) is 38.0 Å². The first-order chi connectivity index (χ1) is 12.9. The van der Waals surface area contributed by atoms with Crippen molar-refractivity contribution < 1.29 is 4.42 Å². The third-order valence-corrected chi connectivity index (χ3v) is 5.64. The molecule has 0 N–H and O–H groups in total. The molecule has 0 bridgehead atoms. The van der Waals surface area contributed by atoms with Crippen LogP contribution in [-0.2, 0) is 0 Å². The highest BCUT2D eigenvalue weighted by Gasteiger charge is 2.20. The number of para-hydroxylation sites is 1. The van der Waals surface area contributed by atoms with Gasteiger partial charge in [-0.25, -0.2) is 0 Å². The van der Waals surface area contributed by atoms with Crippen molar-refractivity contribution in [2.45, 2.75) is 0 Å². The smallest absolute Gasteiger partial charge is 0.154 e. The zero-order valence-electron chi connectivity index (χ0n) is 13.7. The molecule has 0 saturated carbocycles. The van der Waals surface area contributed by atoms with Gasteiger partial charge in [-0.05, 0) is 17.5 Å². The lowest BCUT2D eigenvalue weighted by Gasteiger charge is -2.12. The van der Waals surface area contributed by atoms with E-state index in [1.54, 1.807) is 6.26 Å². The molecule has 3 heteroatoms. The highest BCUT2D eigenvalue weighted by molar-refractivity contribution is 6.29. The van der Waals surface area contributed by atoms with E-state index >= 15 is 0 Å². The van der Waals surface area contributed by atoms with Gasteiger partial charge in [0.25, 0.3) is 0 Å². The summed E-state index contributed by atoms with van der Waals surface area (Å²) in [5.41, 5.74) is 5.43. The molecule has 0 aliphatic heterocycles. The molecular formula is C23H12N2O. The quantitative estimate of drug-likeness (QED) is 0.247. The minimum atomic E-state index is 0.821. The van der Waals surface area contributed by atoms with Crippen LogP contribution < -0.4 is 0 Å². The summed E-state index contributed by atoms with van der Waals surface area (Å²) in [6.45, 7) is 0. The summed E-state index contributed by atoms with van der Waals surface area (Å²) in [6.07, 6.45) is 3.58. The summed E-state index contributed by atoms with van der Waals surface area (Å²) in [5, 5.41) is 7.38. The molecule has 3 aromatic carbocycles. The van der Waals surface area contributed by atoms with Crippen LogP contribution in [0.15, 0.2) is 77.5 Å². The molecule has 4 heterocycles. The number of hydrogen-bond acceptors (Lipinski definition) is 2. The topological polar surface area (TPSA) is 30.4 Å². The second-order valence-electron chi connectivity index (χ2n) is 6.87. The third-order valence-electron chi connectivity index (χ3n) is 5.64. The molecule has 0 fully saturated rings. The Morgan fingerprint density at radius 3 is 2.65 bits per heavy atom. The summed E-state index contributed by atoms with van der Waals surface area (Å²) in [6, 6.07) is 21.6. The van der Waals surface area contributed by atoms with Crippen molar-refractivity contribution in [3.63, 3.8) is 0 Å². The van der Waals surface area contributed by atoms with Gasteiger partial charge in [0, 0.05) is 26.9 Å². The number of aromatic nitrogens is 2. The monoisotopic (exact) mass is 332 g/mol. The van der Waals surface area contributed by atoms with Crippen LogP contribution in [0.3, 0.4) is 0 Å². The summed E-state index contributed by atoms with van der Waals surface area (Å²) < 4.78 is 8.03. The minimum Gasteiger partial charge on any atom is -0.463 e. The molecule has 0 atom stereocenters. The summed E-state index contributed by atoms with van der Waals surface area (Å²) >= 11 is 0. The van der Waals surface area contributed by atoms with Gasteiger partial charge >= 0.3 is 0 Å². The Kier molecular flexibility index (Phi) is 2.03. The Hall–Kier alpha value is -3.59. The Balaban J connectivity index is 2.04. The molecule has 0 aliphatic carbocycles. The maximum absolute atomic E-state index is 5.65. The number of pyridine rings is 2. The Morgan fingerprint density at radius 2 is 1.65 bits per heavy atom. The molecule has 3 nitrogen and oxygen atoms in total. The predicted molar refractivity (Wildman–Crippen MR) is 106 cm³/mol. The van der Waals surface area contributed by atoms with Gasteiger partial charge in [0.05, 0.1) is 34.5 Å². The zero-order valence-corrected chi connectivity index (χ0v) is 13.7. The zero-order chi connectivity index (χ0) is 16.8.